The average molecular weight is 356 g/mol. The second-order valence-corrected chi connectivity index (χ2v) is 7.11. The summed E-state index contributed by atoms with van der Waals surface area (Å²) in [4.78, 5) is 17.8. The Kier molecular flexibility index (Phi) is 4.75. The first kappa shape index (κ1) is 16.2. The Labute approximate surface area is 150 Å². The van der Waals surface area contributed by atoms with E-state index in [1.165, 1.54) is 5.56 Å². The smallest absolute Gasteiger partial charge is 0.256 e. The van der Waals surface area contributed by atoms with Crippen LogP contribution in [-0.2, 0) is 6.54 Å². The molecule has 3 aromatic heterocycles. The highest BCUT2D eigenvalue weighted by atomic mass is 32.2. The van der Waals surface area contributed by atoms with Gasteiger partial charge in [0.1, 0.15) is 12.1 Å². The Bertz CT molecular complexity index is 826. The van der Waals surface area contributed by atoms with Crippen molar-refractivity contribution in [3.05, 3.63) is 36.5 Å². The predicted octanol–water partition coefficient (Wildman–Crippen LogP) is 1.35. The van der Waals surface area contributed by atoms with Gasteiger partial charge in [0.15, 0.2) is 5.16 Å². The van der Waals surface area contributed by atoms with Crippen LogP contribution in [0.5, 0.6) is 0 Å². The molecule has 4 heterocycles. The lowest BCUT2D eigenvalue weighted by Gasteiger charge is -2.35. The third-order valence-electron chi connectivity index (χ3n) is 4.25. The van der Waals surface area contributed by atoms with Gasteiger partial charge in [0.05, 0.1) is 0 Å². The summed E-state index contributed by atoms with van der Waals surface area (Å²) >= 11 is 1.67. The molecule has 130 valence electrons. The molecule has 0 radical (unpaired) electrons. The van der Waals surface area contributed by atoms with Gasteiger partial charge in [0.2, 0.25) is 0 Å². The van der Waals surface area contributed by atoms with E-state index in [1.54, 1.807) is 24.3 Å². The summed E-state index contributed by atoms with van der Waals surface area (Å²) in [7, 11) is 0. The van der Waals surface area contributed by atoms with E-state index in [4.69, 9.17) is 0 Å². The molecule has 8 nitrogen and oxygen atoms in total. The topological polar surface area (TPSA) is 75.3 Å². The molecule has 1 saturated heterocycles. The fraction of sp³-hybridized carbons (Fsp3) is 0.438. The third-order valence-corrected chi connectivity index (χ3v) is 5.01. The molecule has 0 saturated carbocycles. The van der Waals surface area contributed by atoms with Crippen LogP contribution in [0.2, 0.25) is 0 Å². The highest BCUT2D eigenvalue weighted by Crippen LogP contribution is 2.18. The average Bonchev–Trinajstić information content (AvgIpc) is 3.13. The number of aromatic nitrogens is 6. The number of fused-ring (bicyclic) bond motifs is 1. The van der Waals surface area contributed by atoms with E-state index < -0.39 is 0 Å². The lowest BCUT2D eigenvalue weighted by molar-refractivity contribution is 0.248. The number of thioether (sulfide) groups is 1. The van der Waals surface area contributed by atoms with Gasteiger partial charge in [0, 0.05) is 56.9 Å². The number of anilines is 1. The minimum Gasteiger partial charge on any atom is -0.355 e. The number of nitrogens with zero attached hydrogens (tertiary/aromatic N) is 8. The summed E-state index contributed by atoms with van der Waals surface area (Å²) < 4.78 is 1.94. The number of hydrogen-bond donors (Lipinski definition) is 0. The van der Waals surface area contributed by atoms with Crippen LogP contribution >= 0.6 is 11.8 Å². The molecule has 1 fully saturated rings. The molecule has 0 bridgehead atoms. The Balaban J connectivity index is 1.37. The molecule has 0 aliphatic carbocycles. The number of hydrogen-bond acceptors (Lipinski definition) is 8. The van der Waals surface area contributed by atoms with E-state index in [1.807, 2.05) is 22.9 Å². The summed E-state index contributed by atoms with van der Waals surface area (Å²) in [5, 5.41) is 8.81. The molecule has 9 heteroatoms. The summed E-state index contributed by atoms with van der Waals surface area (Å²) in [5.74, 6) is 2.73. The van der Waals surface area contributed by atoms with Crippen LogP contribution in [0.15, 0.2) is 36.1 Å². The van der Waals surface area contributed by atoms with Gasteiger partial charge in [-0.25, -0.2) is 15.0 Å². The molecular formula is C16H20N8S. The molecule has 0 unspecified atom stereocenters. The number of piperazine rings is 1. The lowest BCUT2D eigenvalue weighted by Crippen LogP contribution is -2.46. The molecule has 3 aromatic rings. The van der Waals surface area contributed by atoms with E-state index >= 15 is 0 Å². The Morgan fingerprint density at radius 1 is 1.08 bits per heavy atom. The first-order valence-electron chi connectivity index (χ1n) is 8.39. The van der Waals surface area contributed by atoms with Crippen LogP contribution in [0, 0.1) is 0 Å². The van der Waals surface area contributed by atoms with Crippen LogP contribution in [-0.4, -0.2) is 66.4 Å². The maximum Gasteiger partial charge on any atom is 0.256 e. The van der Waals surface area contributed by atoms with Gasteiger partial charge < -0.3 is 4.90 Å². The van der Waals surface area contributed by atoms with E-state index in [0.717, 1.165) is 49.5 Å². The van der Waals surface area contributed by atoms with E-state index in [-0.39, 0.29) is 0 Å². The third kappa shape index (κ3) is 3.57. The van der Waals surface area contributed by atoms with Crippen molar-refractivity contribution in [2.24, 2.45) is 0 Å². The van der Waals surface area contributed by atoms with Crippen LogP contribution in [0.1, 0.15) is 12.5 Å². The zero-order valence-corrected chi connectivity index (χ0v) is 14.9. The molecule has 0 amide bonds. The van der Waals surface area contributed by atoms with Gasteiger partial charge in [-0.1, -0.05) is 18.7 Å². The molecular weight excluding hydrogens is 336 g/mol. The highest BCUT2D eigenvalue weighted by molar-refractivity contribution is 7.99. The fourth-order valence-electron chi connectivity index (χ4n) is 3.01. The quantitative estimate of drug-likeness (QED) is 0.501. The molecule has 0 N–H and O–H groups in total. The van der Waals surface area contributed by atoms with Gasteiger partial charge in [-0.2, -0.15) is 0 Å². The lowest BCUT2D eigenvalue weighted by atomic mass is 10.2. The maximum atomic E-state index is 4.42. The van der Waals surface area contributed by atoms with Crippen LogP contribution < -0.4 is 4.90 Å². The van der Waals surface area contributed by atoms with Crippen LogP contribution in [0.3, 0.4) is 0 Å². The van der Waals surface area contributed by atoms with Gasteiger partial charge >= 0.3 is 0 Å². The summed E-state index contributed by atoms with van der Waals surface area (Å²) in [6.45, 7) is 6.92. The Morgan fingerprint density at radius 3 is 2.64 bits per heavy atom. The van der Waals surface area contributed by atoms with Crippen molar-refractivity contribution in [1.82, 2.24) is 34.4 Å². The van der Waals surface area contributed by atoms with Gasteiger partial charge in [-0.05, 0) is 11.8 Å². The zero-order valence-electron chi connectivity index (χ0n) is 14.1. The first-order valence-corrected chi connectivity index (χ1v) is 9.38. The summed E-state index contributed by atoms with van der Waals surface area (Å²) in [6.07, 6.45) is 7.40. The normalized spacial score (nSPS) is 15.8. The largest absolute Gasteiger partial charge is 0.355 e. The van der Waals surface area contributed by atoms with Gasteiger partial charge in [-0.15, -0.1) is 10.2 Å². The van der Waals surface area contributed by atoms with Gasteiger partial charge in [0.25, 0.3) is 5.78 Å². The summed E-state index contributed by atoms with van der Waals surface area (Å²) in [6, 6.07) is 2.02. The maximum absolute atomic E-state index is 4.42. The Hall–Kier alpha value is -2.26. The second-order valence-electron chi connectivity index (χ2n) is 5.87. The standard InChI is InChI=1S/C16H20N8S/c1-2-25-16-18-9-13(10-19-16)11-22-5-7-23(8-6-22)14-3-4-17-15-21-20-12-24(14)15/h3-4,9-10,12H,2,5-8,11H2,1H3. The monoisotopic (exact) mass is 356 g/mol. The van der Waals surface area contributed by atoms with Crippen molar-refractivity contribution in [1.29, 1.82) is 0 Å². The molecule has 4 rings (SSSR count). The summed E-state index contributed by atoms with van der Waals surface area (Å²) in [5.41, 5.74) is 1.17. The van der Waals surface area contributed by atoms with E-state index in [2.05, 4.69) is 41.9 Å². The van der Waals surface area contributed by atoms with Crippen molar-refractivity contribution in [2.75, 3.05) is 36.8 Å². The molecule has 0 spiro atoms. The van der Waals surface area contributed by atoms with Crippen LogP contribution in [0.4, 0.5) is 5.82 Å². The van der Waals surface area contributed by atoms with Crippen molar-refractivity contribution in [2.45, 2.75) is 18.6 Å². The number of rotatable bonds is 5. The highest BCUT2D eigenvalue weighted by Gasteiger charge is 2.19. The minimum atomic E-state index is 0.641. The van der Waals surface area contributed by atoms with E-state index in [0.29, 0.717) is 5.78 Å². The molecule has 0 aromatic carbocycles. The second kappa shape index (κ2) is 7.32. The predicted molar refractivity (Wildman–Crippen MR) is 96.7 cm³/mol. The molecule has 1 aliphatic rings. The van der Waals surface area contributed by atoms with Crippen molar-refractivity contribution >= 4 is 23.4 Å². The molecule has 1 aliphatic heterocycles. The van der Waals surface area contributed by atoms with Crippen LogP contribution in [0.25, 0.3) is 5.78 Å². The van der Waals surface area contributed by atoms with E-state index in [9.17, 15) is 0 Å². The first-order chi connectivity index (χ1) is 12.3. The van der Waals surface area contributed by atoms with Crippen molar-refractivity contribution in [3.8, 4) is 0 Å². The fourth-order valence-corrected chi connectivity index (χ4v) is 3.52. The minimum absolute atomic E-state index is 0.641. The Morgan fingerprint density at radius 2 is 1.88 bits per heavy atom. The van der Waals surface area contributed by atoms with Crippen molar-refractivity contribution < 1.29 is 0 Å². The van der Waals surface area contributed by atoms with Gasteiger partial charge in [-0.3, -0.25) is 9.30 Å². The SMILES string of the molecule is CCSc1ncc(CN2CCN(c3ccnc4nncn34)CC2)cn1. The zero-order chi connectivity index (χ0) is 17.1. The molecule has 25 heavy (non-hydrogen) atoms. The van der Waals surface area contributed by atoms with Crippen molar-refractivity contribution in [3.63, 3.8) is 0 Å². The molecule has 0 atom stereocenters.